The van der Waals surface area contributed by atoms with Gasteiger partial charge in [-0.1, -0.05) is 23.7 Å². The van der Waals surface area contributed by atoms with Gasteiger partial charge in [-0.15, -0.1) is 6.58 Å². The number of carbonyl (C=O) groups excluding carboxylic acids is 1. The van der Waals surface area contributed by atoms with Crippen molar-refractivity contribution in [2.45, 2.75) is 11.8 Å². The number of ether oxygens (including phenoxy) is 1. The van der Waals surface area contributed by atoms with Crippen molar-refractivity contribution < 1.29 is 22.3 Å². The predicted octanol–water partition coefficient (Wildman–Crippen LogP) is 2.22. The number of esters is 1. The van der Waals surface area contributed by atoms with E-state index in [1.807, 2.05) is 0 Å². The first-order valence-electron chi connectivity index (χ1n) is 6.05. The van der Waals surface area contributed by atoms with E-state index >= 15 is 0 Å². The van der Waals surface area contributed by atoms with Crippen LogP contribution in [0.1, 0.15) is 6.92 Å². The quantitative estimate of drug-likeness (QED) is 0.566. The molecule has 0 radical (unpaired) electrons. The highest BCUT2D eigenvalue weighted by molar-refractivity contribution is 7.89. The summed E-state index contributed by atoms with van der Waals surface area (Å²) in [5.41, 5.74) is 0. The molecule has 0 aliphatic carbocycles. The van der Waals surface area contributed by atoms with Gasteiger partial charge >= 0.3 is 5.97 Å². The third kappa shape index (κ3) is 4.26. The molecule has 8 heteroatoms. The molecule has 116 valence electrons. The van der Waals surface area contributed by atoms with Crippen LogP contribution in [-0.2, 0) is 19.6 Å². The first-order valence-corrected chi connectivity index (χ1v) is 7.87. The van der Waals surface area contributed by atoms with E-state index in [0.717, 1.165) is 10.4 Å². The van der Waals surface area contributed by atoms with Gasteiger partial charge < -0.3 is 4.74 Å². The smallest absolute Gasteiger partial charge is 0.321 e. The highest BCUT2D eigenvalue weighted by Gasteiger charge is 2.29. The van der Waals surface area contributed by atoms with E-state index < -0.39 is 33.3 Å². The van der Waals surface area contributed by atoms with Crippen molar-refractivity contribution in [3.8, 4) is 0 Å². The van der Waals surface area contributed by atoms with Gasteiger partial charge in [0.25, 0.3) is 0 Å². The van der Waals surface area contributed by atoms with E-state index in [1.54, 1.807) is 6.92 Å². The molecule has 0 amide bonds. The largest absolute Gasteiger partial charge is 0.465 e. The average Bonchev–Trinajstić information content (AvgIpc) is 2.41. The fourth-order valence-corrected chi connectivity index (χ4v) is 3.24. The lowest BCUT2D eigenvalue weighted by atomic mass is 10.3. The van der Waals surface area contributed by atoms with Crippen LogP contribution in [0.15, 0.2) is 35.7 Å². The average molecular weight is 336 g/mol. The molecule has 1 aromatic rings. The Kier molecular flexibility index (Phi) is 6.32. The summed E-state index contributed by atoms with van der Waals surface area (Å²) in [6.07, 6.45) is 1.29. The number of halogens is 2. The molecule has 5 nitrogen and oxygen atoms in total. The summed E-state index contributed by atoms with van der Waals surface area (Å²) in [5.74, 6) is -1.79. The van der Waals surface area contributed by atoms with Crippen molar-refractivity contribution in [2.75, 3.05) is 19.7 Å². The lowest BCUT2D eigenvalue weighted by molar-refractivity contribution is -0.143. The van der Waals surface area contributed by atoms with E-state index in [0.29, 0.717) is 0 Å². The van der Waals surface area contributed by atoms with Gasteiger partial charge in [-0.3, -0.25) is 4.79 Å². The summed E-state index contributed by atoms with van der Waals surface area (Å²) in [6, 6.07) is 3.63. The maximum Gasteiger partial charge on any atom is 0.321 e. The number of sulfonamides is 1. The third-order valence-corrected chi connectivity index (χ3v) is 4.60. The van der Waals surface area contributed by atoms with Crippen molar-refractivity contribution in [1.29, 1.82) is 0 Å². The van der Waals surface area contributed by atoms with Crippen LogP contribution in [0, 0.1) is 5.82 Å². The van der Waals surface area contributed by atoms with Crippen molar-refractivity contribution in [2.24, 2.45) is 0 Å². The van der Waals surface area contributed by atoms with Gasteiger partial charge in [0, 0.05) is 6.54 Å². The van der Waals surface area contributed by atoms with Gasteiger partial charge in [0.15, 0.2) is 5.82 Å². The molecule has 0 spiro atoms. The van der Waals surface area contributed by atoms with Gasteiger partial charge in [-0.25, -0.2) is 12.8 Å². The second-order valence-electron chi connectivity index (χ2n) is 3.94. The van der Waals surface area contributed by atoms with Gasteiger partial charge in [0.1, 0.15) is 11.4 Å². The Balaban J connectivity index is 3.18. The number of nitrogens with zero attached hydrogens (tertiary/aromatic N) is 1. The van der Waals surface area contributed by atoms with Gasteiger partial charge in [0.05, 0.1) is 11.6 Å². The van der Waals surface area contributed by atoms with Crippen LogP contribution in [0.5, 0.6) is 0 Å². The van der Waals surface area contributed by atoms with Crippen molar-refractivity contribution in [3.05, 3.63) is 41.7 Å². The molecule has 0 heterocycles. The van der Waals surface area contributed by atoms with E-state index in [-0.39, 0.29) is 18.2 Å². The van der Waals surface area contributed by atoms with E-state index in [2.05, 4.69) is 6.58 Å². The minimum atomic E-state index is -4.23. The third-order valence-electron chi connectivity index (χ3n) is 2.48. The van der Waals surface area contributed by atoms with Crippen molar-refractivity contribution in [1.82, 2.24) is 4.31 Å². The van der Waals surface area contributed by atoms with Gasteiger partial charge in [-0.2, -0.15) is 4.31 Å². The second-order valence-corrected chi connectivity index (χ2v) is 6.26. The molecule has 0 fully saturated rings. The summed E-state index contributed by atoms with van der Waals surface area (Å²) in [4.78, 5) is 10.9. The Morgan fingerprint density at radius 1 is 1.52 bits per heavy atom. The van der Waals surface area contributed by atoms with E-state index in [4.69, 9.17) is 16.3 Å². The van der Waals surface area contributed by atoms with Crippen LogP contribution in [0.25, 0.3) is 0 Å². The fraction of sp³-hybridized carbons (Fsp3) is 0.308. The monoisotopic (exact) mass is 335 g/mol. The zero-order valence-corrected chi connectivity index (χ0v) is 13.0. The summed E-state index contributed by atoms with van der Waals surface area (Å²) in [6.45, 7) is 4.45. The SMILES string of the molecule is C=CCN(CC(=O)OCC)S(=O)(=O)c1cccc(Cl)c1F. The normalized spacial score (nSPS) is 11.4. The summed E-state index contributed by atoms with van der Waals surface area (Å²) < 4.78 is 44.2. The summed E-state index contributed by atoms with van der Waals surface area (Å²) in [7, 11) is -4.23. The minimum Gasteiger partial charge on any atom is -0.465 e. The highest BCUT2D eigenvalue weighted by atomic mass is 35.5. The maximum atomic E-state index is 13.9. The Labute approximate surface area is 128 Å². The molecule has 0 atom stereocenters. The minimum absolute atomic E-state index is 0.117. The molecular weight excluding hydrogens is 321 g/mol. The van der Waals surface area contributed by atoms with Gasteiger partial charge in [0.2, 0.25) is 10.0 Å². The topological polar surface area (TPSA) is 63.7 Å². The number of benzene rings is 1. The molecule has 0 aliphatic heterocycles. The zero-order valence-electron chi connectivity index (χ0n) is 11.4. The fourth-order valence-electron chi connectivity index (χ4n) is 1.56. The van der Waals surface area contributed by atoms with E-state index in [9.17, 15) is 17.6 Å². The lowest BCUT2D eigenvalue weighted by Gasteiger charge is -2.20. The molecule has 1 rings (SSSR count). The summed E-state index contributed by atoms with van der Waals surface area (Å²) >= 11 is 5.59. The van der Waals surface area contributed by atoms with Crippen LogP contribution in [-0.4, -0.2) is 38.4 Å². The van der Waals surface area contributed by atoms with Crippen LogP contribution in [0.3, 0.4) is 0 Å². The van der Waals surface area contributed by atoms with Crippen LogP contribution in [0.4, 0.5) is 4.39 Å². The molecular formula is C13H15ClFNO4S. The molecule has 0 bridgehead atoms. The van der Waals surface area contributed by atoms with Crippen molar-refractivity contribution >= 4 is 27.6 Å². The first-order chi connectivity index (χ1) is 9.84. The number of carbonyl (C=O) groups is 1. The molecule has 0 saturated carbocycles. The molecule has 0 N–H and O–H groups in total. The predicted molar refractivity (Wildman–Crippen MR) is 77.0 cm³/mol. The summed E-state index contributed by atoms with van der Waals surface area (Å²) in [5, 5.41) is -0.314. The van der Waals surface area contributed by atoms with Crippen LogP contribution < -0.4 is 0 Å². The molecule has 0 aromatic heterocycles. The van der Waals surface area contributed by atoms with Crippen LogP contribution in [0.2, 0.25) is 5.02 Å². The lowest BCUT2D eigenvalue weighted by Crippen LogP contribution is -2.37. The molecule has 0 unspecified atom stereocenters. The van der Waals surface area contributed by atoms with Gasteiger partial charge in [-0.05, 0) is 19.1 Å². The van der Waals surface area contributed by atoms with Crippen molar-refractivity contribution in [3.63, 3.8) is 0 Å². The number of hydrogen-bond acceptors (Lipinski definition) is 4. The molecule has 1 aromatic carbocycles. The molecule has 21 heavy (non-hydrogen) atoms. The maximum absolute atomic E-state index is 13.9. The Bertz CT molecular complexity index is 633. The second kappa shape index (κ2) is 7.53. The van der Waals surface area contributed by atoms with Crippen LogP contribution >= 0.6 is 11.6 Å². The Morgan fingerprint density at radius 3 is 2.76 bits per heavy atom. The zero-order chi connectivity index (χ0) is 16.0. The molecule has 0 saturated heterocycles. The molecule has 0 aliphatic rings. The highest BCUT2D eigenvalue weighted by Crippen LogP contribution is 2.24. The standard InChI is InChI=1S/C13H15ClFNO4S/c1-3-8-16(9-12(17)20-4-2)21(18,19)11-7-5-6-10(14)13(11)15/h3,5-7H,1,4,8-9H2,2H3. The Morgan fingerprint density at radius 2 is 2.19 bits per heavy atom. The first kappa shape index (κ1) is 17.6. The number of rotatable bonds is 7. The Hall–Kier alpha value is -1.44. The van der Waals surface area contributed by atoms with E-state index in [1.165, 1.54) is 18.2 Å². The number of hydrogen-bond donors (Lipinski definition) is 0.